The highest BCUT2D eigenvalue weighted by atomic mass is 16.5. The number of benzene rings is 2. The first-order chi connectivity index (χ1) is 12.7. The van der Waals surface area contributed by atoms with E-state index in [4.69, 9.17) is 4.74 Å². The number of hydrogen-bond acceptors (Lipinski definition) is 2. The van der Waals surface area contributed by atoms with Crippen molar-refractivity contribution in [2.75, 3.05) is 6.54 Å². The van der Waals surface area contributed by atoms with Crippen molar-refractivity contribution >= 4 is 5.91 Å². The van der Waals surface area contributed by atoms with Gasteiger partial charge in [0.15, 0.2) is 0 Å². The molecule has 2 aliphatic heterocycles. The van der Waals surface area contributed by atoms with Gasteiger partial charge in [-0.15, -0.1) is 0 Å². The molecular weight excluding hydrogens is 322 g/mol. The lowest BCUT2D eigenvalue weighted by atomic mass is 9.76. The molecule has 1 saturated carbocycles. The minimum absolute atomic E-state index is 0.0396. The van der Waals surface area contributed by atoms with Crippen LogP contribution in [0.2, 0.25) is 0 Å². The Labute approximate surface area is 155 Å². The van der Waals surface area contributed by atoms with Crippen LogP contribution in [0.25, 0.3) is 0 Å². The Hall–Kier alpha value is -2.29. The molecule has 0 bridgehead atoms. The second-order valence-corrected chi connectivity index (χ2v) is 8.26. The third-order valence-electron chi connectivity index (χ3n) is 6.62. The molecule has 134 valence electrons. The summed E-state index contributed by atoms with van der Waals surface area (Å²) in [7, 11) is 0. The van der Waals surface area contributed by atoms with Crippen LogP contribution in [0.3, 0.4) is 0 Å². The minimum Gasteiger partial charge on any atom is -0.489 e. The summed E-state index contributed by atoms with van der Waals surface area (Å²) in [5.41, 5.74) is 3.90. The molecule has 3 unspecified atom stereocenters. The molecule has 3 nitrogen and oxygen atoms in total. The van der Waals surface area contributed by atoms with Gasteiger partial charge >= 0.3 is 0 Å². The SMILES string of the molecule is CC1CC2CC(=O)N3CCc4cc(OCc5ccccc5)ccc4C23C1. The van der Waals surface area contributed by atoms with E-state index < -0.39 is 0 Å². The van der Waals surface area contributed by atoms with Crippen molar-refractivity contribution in [2.24, 2.45) is 11.8 Å². The van der Waals surface area contributed by atoms with Gasteiger partial charge in [-0.1, -0.05) is 43.3 Å². The molecule has 2 aromatic rings. The molecule has 0 radical (unpaired) electrons. The zero-order chi connectivity index (χ0) is 17.7. The number of carbonyl (C=O) groups is 1. The molecule has 2 heterocycles. The third-order valence-corrected chi connectivity index (χ3v) is 6.62. The number of amides is 1. The van der Waals surface area contributed by atoms with E-state index in [1.807, 2.05) is 18.2 Å². The number of nitrogens with zero attached hydrogens (tertiary/aromatic N) is 1. The van der Waals surface area contributed by atoms with Gasteiger partial charge in [-0.2, -0.15) is 0 Å². The zero-order valence-corrected chi connectivity index (χ0v) is 15.3. The van der Waals surface area contributed by atoms with Gasteiger partial charge in [0.05, 0.1) is 5.54 Å². The monoisotopic (exact) mass is 347 g/mol. The molecule has 5 rings (SSSR count). The molecule has 1 saturated heterocycles. The molecule has 3 atom stereocenters. The smallest absolute Gasteiger partial charge is 0.223 e. The number of ether oxygens (including phenoxy) is 1. The quantitative estimate of drug-likeness (QED) is 0.829. The van der Waals surface area contributed by atoms with Crippen LogP contribution >= 0.6 is 0 Å². The van der Waals surface area contributed by atoms with Crippen molar-refractivity contribution in [1.29, 1.82) is 0 Å². The van der Waals surface area contributed by atoms with E-state index in [1.165, 1.54) is 23.1 Å². The Morgan fingerprint density at radius 1 is 1.19 bits per heavy atom. The molecule has 0 aromatic heterocycles. The van der Waals surface area contributed by atoms with Crippen LogP contribution in [0.15, 0.2) is 48.5 Å². The molecule has 1 amide bonds. The largest absolute Gasteiger partial charge is 0.489 e. The van der Waals surface area contributed by atoms with Gasteiger partial charge in [0, 0.05) is 13.0 Å². The van der Waals surface area contributed by atoms with Gasteiger partial charge in [0.2, 0.25) is 5.91 Å². The average Bonchev–Trinajstić information content (AvgIpc) is 3.10. The Morgan fingerprint density at radius 2 is 2.04 bits per heavy atom. The van der Waals surface area contributed by atoms with Gasteiger partial charge < -0.3 is 9.64 Å². The van der Waals surface area contributed by atoms with E-state index in [0.717, 1.165) is 31.6 Å². The van der Waals surface area contributed by atoms with Gasteiger partial charge in [0.25, 0.3) is 0 Å². The van der Waals surface area contributed by atoms with E-state index in [9.17, 15) is 4.79 Å². The fourth-order valence-electron chi connectivity index (χ4n) is 5.65. The molecule has 26 heavy (non-hydrogen) atoms. The van der Waals surface area contributed by atoms with Crippen molar-refractivity contribution < 1.29 is 9.53 Å². The Morgan fingerprint density at radius 3 is 2.88 bits per heavy atom. The second-order valence-electron chi connectivity index (χ2n) is 8.26. The predicted molar refractivity (Wildman–Crippen MR) is 101 cm³/mol. The van der Waals surface area contributed by atoms with E-state index in [1.54, 1.807) is 0 Å². The Bertz CT molecular complexity index is 847. The first-order valence-electron chi connectivity index (χ1n) is 9.77. The summed E-state index contributed by atoms with van der Waals surface area (Å²) < 4.78 is 6.04. The lowest BCUT2D eigenvalue weighted by molar-refractivity contribution is -0.132. The van der Waals surface area contributed by atoms with Crippen LogP contribution in [0, 0.1) is 11.8 Å². The summed E-state index contributed by atoms with van der Waals surface area (Å²) in [5.74, 6) is 2.47. The standard InChI is InChI=1S/C23H25NO2/c1-16-11-19-13-22(25)24-10-9-18-12-20(7-8-21(18)23(19,24)14-16)26-15-17-5-3-2-4-6-17/h2-8,12,16,19H,9-11,13-15H2,1H3. The highest BCUT2D eigenvalue weighted by Gasteiger charge is 2.59. The predicted octanol–water partition coefficient (Wildman–Crippen LogP) is 4.30. The van der Waals surface area contributed by atoms with E-state index >= 15 is 0 Å². The van der Waals surface area contributed by atoms with Crippen molar-refractivity contribution in [3.8, 4) is 5.75 Å². The fourth-order valence-corrected chi connectivity index (χ4v) is 5.65. The minimum atomic E-state index is -0.0396. The van der Waals surface area contributed by atoms with Crippen molar-refractivity contribution in [1.82, 2.24) is 4.90 Å². The Kier molecular flexibility index (Phi) is 3.59. The second kappa shape index (κ2) is 5.87. The van der Waals surface area contributed by atoms with Crippen LogP contribution in [-0.4, -0.2) is 17.4 Å². The highest BCUT2D eigenvalue weighted by molar-refractivity contribution is 5.82. The molecule has 3 aliphatic rings. The third kappa shape index (κ3) is 2.29. The normalized spacial score (nSPS) is 29.3. The van der Waals surface area contributed by atoms with Crippen molar-refractivity contribution in [2.45, 2.75) is 44.8 Å². The first kappa shape index (κ1) is 15.9. The fraction of sp³-hybridized carbons (Fsp3) is 0.435. The van der Waals surface area contributed by atoms with Crippen LogP contribution in [0.1, 0.15) is 42.9 Å². The Balaban J connectivity index is 1.45. The van der Waals surface area contributed by atoms with E-state index in [2.05, 4.69) is 42.2 Å². The van der Waals surface area contributed by atoms with E-state index in [0.29, 0.717) is 24.3 Å². The van der Waals surface area contributed by atoms with Gasteiger partial charge in [-0.25, -0.2) is 0 Å². The summed E-state index contributed by atoms with van der Waals surface area (Å²) in [6.45, 7) is 3.79. The van der Waals surface area contributed by atoms with Gasteiger partial charge in [0.1, 0.15) is 12.4 Å². The molecule has 2 aromatic carbocycles. The first-order valence-corrected chi connectivity index (χ1v) is 9.77. The number of hydrogen-bond donors (Lipinski definition) is 0. The summed E-state index contributed by atoms with van der Waals surface area (Å²) >= 11 is 0. The van der Waals surface area contributed by atoms with Crippen LogP contribution < -0.4 is 4.74 Å². The van der Waals surface area contributed by atoms with E-state index in [-0.39, 0.29) is 5.54 Å². The molecular formula is C23H25NO2. The highest BCUT2D eigenvalue weighted by Crippen LogP contribution is 2.58. The summed E-state index contributed by atoms with van der Waals surface area (Å²) in [4.78, 5) is 14.8. The number of rotatable bonds is 3. The van der Waals surface area contributed by atoms with Crippen LogP contribution in [0.5, 0.6) is 5.75 Å². The summed E-state index contributed by atoms with van der Waals surface area (Å²) in [6, 6.07) is 16.8. The topological polar surface area (TPSA) is 29.5 Å². The number of fused-ring (bicyclic) bond motifs is 1. The lowest BCUT2D eigenvalue weighted by Crippen LogP contribution is -2.49. The average molecular weight is 347 g/mol. The van der Waals surface area contributed by atoms with Crippen molar-refractivity contribution in [3.63, 3.8) is 0 Å². The molecule has 1 aliphatic carbocycles. The van der Waals surface area contributed by atoms with Gasteiger partial charge in [-0.05, 0) is 59.9 Å². The summed E-state index contributed by atoms with van der Waals surface area (Å²) in [5, 5.41) is 0. The maximum absolute atomic E-state index is 12.6. The molecule has 1 spiro atoms. The van der Waals surface area contributed by atoms with Crippen LogP contribution in [0.4, 0.5) is 0 Å². The van der Waals surface area contributed by atoms with Crippen molar-refractivity contribution in [3.05, 3.63) is 65.2 Å². The zero-order valence-electron chi connectivity index (χ0n) is 15.3. The maximum Gasteiger partial charge on any atom is 0.223 e. The van der Waals surface area contributed by atoms with Gasteiger partial charge in [-0.3, -0.25) is 4.79 Å². The lowest BCUT2D eigenvalue weighted by Gasteiger charge is -2.44. The number of carbonyl (C=O) groups excluding carboxylic acids is 1. The molecule has 0 N–H and O–H groups in total. The van der Waals surface area contributed by atoms with Crippen LogP contribution in [-0.2, 0) is 23.4 Å². The molecule has 2 fully saturated rings. The maximum atomic E-state index is 12.6. The molecule has 3 heteroatoms. The summed E-state index contributed by atoms with van der Waals surface area (Å²) in [6.07, 6.45) is 3.96.